The van der Waals surface area contributed by atoms with Crippen molar-refractivity contribution in [3.63, 3.8) is 0 Å². The Kier molecular flexibility index (Phi) is 10.9. The Morgan fingerprint density at radius 2 is 0.913 bits per heavy atom. The molecule has 0 amide bonds. The molecule has 0 atom stereocenters. The monoisotopic (exact) mass is 604 g/mol. The molecule has 0 aliphatic carbocycles. The van der Waals surface area contributed by atoms with Gasteiger partial charge in [-0.2, -0.15) is 0 Å². The zero-order valence-corrected chi connectivity index (χ0v) is 22.1. The van der Waals surface area contributed by atoms with Crippen LogP contribution in [0, 0.1) is 0 Å². The van der Waals surface area contributed by atoms with Crippen molar-refractivity contribution in [3.8, 4) is 0 Å². The Bertz CT molecular complexity index is 350. The average molecular weight is 605 g/mol. The molecule has 0 spiro atoms. The van der Waals surface area contributed by atoms with Crippen LogP contribution in [0.3, 0.4) is 0 Å². The number of hydrogen-bond donors (Lipinski definition) is 0. The van der Waals surface area contributed by atoms with E-state index in [0.717, 1.165) is 34.9 Å². The summed E-state index contributed by atoms with van der Waals surface area (Å²) in [5.41, 5.74) is 0. The second-order valence-corrected chi connectivity index (χ2v) is 27.3. The van der Waals surface area contributed by atoms with Gasteiger partial charge in [-0.05, 0) is 0 Å². The summed E-state index contributed by atoms with van der Waals surface area (Å²) in [5.74, 6) is 0. The Hall–Kier alpha value is 3.16. The van der Waals surface area contributed by atoms with E-state index in [9.17, 15) is 0 Å². The second-order valence-electron chi connectivity index (χ2n) is 6.90. The molecule has 0 aromatic rings. The number of rotatable bonds is 10. The van der Waals surface area contributed by atoms with Gasteiger partial charge in [0.05, 0.1) is 0 Å². The molecule has 0 radical (unpaired) electrons. The van der Waals surface area contributed by atoms with E-state index in [-0.39, 0.29) is 0 Å². The van der Waals surface area contributed by atoms with Gasteiger partial charge in [0.15, 0.2) is 0 Å². The summed E-state index contributed by atoms with van der Waals surface area (Å²) in [6.45, 7) is 1.45. The summed E-state index contributed by atoms with van der Waals surface area (Å²) < 4.78 is -1.76. The van der Waals surface area contributed by atoms with E-state index >= 15 is 0 Å². The van der Waals surface area contributed by atoms with E-state index in [4.69, 9.17) is 86.7 Å². The van der Waals surface area contributed by atoms with Gasteiger partial charge in [-0.1, -0.05) is 0 Å². The summed E-state index contributed by atoms with van der Waals surface area (Å²) in [6, 6.07) is 0. The third-order valence-corrected chi connectivity index (χ3v) is 16.3. The van der Waals surface area contributed by atoms with Crippen LogP contribution in [0.4, 0.5) is 0 Å². The summed E-state index contributed by atoms with van der Waals surface area (Å²) in [4.78, 5) is 0. The zero-order valence-electron chi connectivity index (χ0n) is 13.7. The number of halogens is 8. The first-order chi connectivity index (χ1) is 9.91. The SMILES string of the molecule is C[N+](C)(CCC[Te](Cl)(Cl)CCC[N+](C)(C)[B-](Cl)(Cl)Cl)[B-](Cl)(Cl)Cl. The molecule has 0 aromatic heterocycles. The van der Waals surface area contributed by atoms with E-state index in [1.165, 1.54) is 0 Å². The molecular formula is C10H24B2Cl8N2Te. The van der Waals surface area contributed by atoms with Gasteiger partial charge in [0.25, 0.3) is 0 Å². The Labute approximate surface area is 181 Å². The normalized spacial score (nSPS) is 15.8. The van der Waals surface area contributed by atoms with Gasteiger partial charge in [-0.15, -0.1) is 0 Å². The van der Waals surface area contributed by atoms with Gasteiger partial charge >= 0.3 is 184 Å². The summed E-state index contributed by atoms with van der Waals surface area (Å²) in [6.07, 6.45) is 1.67. The van der Waals surface area contributed by atoms with E-state index < -0.39 is 25.0 Å². The van der Waals surface area contributed by atoms with Gasteiger partial charge in [-0.3, -0.25) is 0 Å². The molecule has 0 N–H and O–H groups in total. The van der Waals surface area contributed by atoms with Crippen molar-refractivity contribution in [1.29, 1.82) is 0 Å². The standard InChI is InChI=1S/C10H24B2Cl8N2Te/c1-21(2,11(13,14)15)7-5-9-23(19,20)10-6-8-22(3,4)12(16,17)18/h5-10H2,1-4H3. The van der Waals surface area contributed by atoms with Crippen LogP contribution >= 0.6 is 86.7 Å². The third kappa shape index (κ3) is 9.77. The second kappa shape index (κ2) is 9.58. The van der Waals surface area contributed by atoms with Crippen molar-refractivity contribution in [2.24, 2.45) is 0 Å². The fraction of sp³-hybridized carbons (Fsp3) is 1.00. The molecule has 0 aromatic carbocycles. The predicted molar refractivity (Wildman–Crippen MR) is 117 cm³/mol. The van der Waals surface area contributed by atoms with Crippen molar-refractivity contribution in [3.05, 3.63) is 0 Å². The van der Waals surface area contributed by atoms with E-state index in [1.807, 2.05) is 28.2 Å². The van der Waals surface area contributed by atoms with Gasteiger partial charge < -0.3 is 0 Å². The molecule has 2 nitrogen and oxygen atoms in total. The van der Waals surface area contributed by atoms with Gasteiger partial charge in [0, 0.05) is 0 Å². The molecule has 0 rings (SSSR count). The van der Waals surface area contributed by atoms with Crippen LogP contribution in [-0.4, -0.2) is 75.1 Å². The molecule has 0 fully saturated rings. The van der Waals surface area contributed by atoms with Crippen LogP contribution in [-0.2, 0) is 0 Å². The van der Waals surface area contributed by atoms with Crippen molar-refractivity contribution >= 4 is 112 Å². The molecule has 0 aliphatic rings. The number of hydrogen-bond acceptors (Lipinski definition) is 0. The molecule has 0 bridgehead atoms. The Morgan fingerprint density at radius 1 is 0.652 bits per heavy atom. The van der Waals surface area contributed by atoms with E-state index in [1.54, 1.807) is 0 Å². The first-order valence-corrected chi connectivity index (χ1v) is 18.9. The van der Waals surface area contributed by atoms with Crippen LogP contribution in [0.25, 0.3) is 0 Å². The molecule has 23 heavy (non-hydrogen) atoms. The molecular weight excluding hydrogens is 581 g/mol. The van der Waals surface area contributed by atoms with Crippen LogP contribution in [0.2, 0.25) is 8.94 Å². The van der Waals surface area contributed by atoms with Gasteiger partial charge in [0.2, 0.25) is 0 Å². The Morgan fingerprint density at radius 3 is 1.13 bits per heavy atom. The van der Waals surface area contributed by atoms with Crippen molar-refractivity contribution in [1.82, 2.24) is 0 Å². The zero-order chi connectivity index (χ0) is 18.7. The summed E-state index contributed by atoms with van der Waals surface area (Å²) >= 11 is 33.3. The quantitative estimate of drug-likeness (QED) is 0.263. The molecule has 0 saturated carbocycles. The van der Waals surface area contributed by atoms with E-state index in [0.29, 0.717) is 8.79 Å². The number of quaternary nitrogens is 2. The molecule has 0 unspecified atom stereocenters. The predicted octanol–water partition coefficient (Wildman–Crippen LogP) is 6.14. The minimum atomic E-state index is -2.90. The first kappa shape index (κ1) is 26.2. The van der Waals surface area contributed by atoms with Crippen molar-refractivity contribution in [2.45, 2.75) is 21.8 Å². The molecule has 0 aliphatic heterocycles. The summed E-state index contributed by atoms with van der Waals surface area (Å²) in [5, 5.41) is 0. The first-order valence-electron chi connectivity index (χ1n) is 7.13. The fourth-order valence-corrected chi connectivity index (χ4v) is 9.00. The number of nitrogens with zero attached hydrogens (tertiary/aromatic N) is 2. The van der Waals surface area contributed by atoms with Gasteiger partial charge in [-0.25, -0.2) is 0 Å². The van der Waals surface area contributed by atoms with Gasteiger partial charge in [0.1, 0.15) is 0 Å². The maximum absolute atomic E-state index is 6.58. The average Bonchev–Trinajstić information content (AvgIpc) is 2.24. The topological polar surface area (TPSA) is 0 Å². The van der Waals surface area contributed by atoms with Crippen LogP contribution in [0.5, 0.6) is 0 Å². The maximum atomic E-state index is 6.58. The molecule has 142 valence electrons. The van der Waals surface area contributed by atoms with Crippen molar-refractivity contribution < 1.29 is 8.79 Å². The van der Waals surface area contributed by atoms with E-state index in [2.05, 4.69) is 0 Å². The van der Waals surface area contributed by atoms with Crippen LogP contribution < -0.4 is 0 Å². The van der Waals surface area contributed by atoms with Crippen LogP contribution in [0.15, 0.2) is 0 Å². The van der Waals surface area contributed by atoms with Crippen molar-refractivity contribution in [2.75, 3.05) is 41.3 Å². The van der Waals surface area contributed by atoms with Crippen LogP contribution in [0.1, 0.15) is 12.8 Å². The molecule has 0 heterocycles. The third-order valence-electron chi connectivity index (χ3n) is 3.94. The Balaban J connectivity index is 4.32. The fourth-order valence-electron chi connectivity index (χ4n) is 1.76. The summed E-state index contributed by atoms with van der Waals surface area (Å²) in [7, 11) is 20.7. The molecule has 0 saturated heterocycles. The molecule has 13 heteroatoms. The minimum absolute atomic E-state index is 0.330.